The molecular weight excluding hydrogens is 200 g/mol. The molecule has 3 heteroatoms. The molecule has 0 atom stereocenters. The van der Waals surface area contributed by atoms with Crippen molar-refractivity contribution in [2.75, 3.05) is 18.4 Å². The van der Waals surface area contributed by atoms with Gasteiger partial charge in [0.1, 0.15) is 0 Å². The number of rotatable bonds is 6. The lowest BCUT2D eigenvalue weighted by Crippen LogP contribution is -2.28. The van der Waals surface area contributed by atoms with Crippen LogP contribution in [-0.2, 0) is 4.79 Å². The number of amides is 1. The number of carbonyl (C=O) groups excluding carboxylic acids is 1. The first kappa shape index (κ1) is 11.1. The molecule has 0 bridgehead atoms. The molecule has 0 heterocycles. The minimum Gasteiger partial charge on any atom is -0.325 e. The van der Waals surface area contributed by atoms with Crippen molar-refractivity contribution in [3.05, 3.63) is 30.3 Å². The van der Waals surface area contributed by atoms with Crippen molar-refractivity contribution in [2.45, 2.75) is 19.3 Å². The lowest BCUT2D eigenvalue weighted by atomic mass is 10.3. The van der Waals surface area contributed by atoms with Gasteiger partial charge in [0.2, 0.25) is 5.91 Å². The number of nitrogens with one attached hydrogen (secondary N) is 2. The van der Waals surface area contributed by atoms with Gasteiger partial charge in [-0.2, -0.15) is 0 Å². The van der Waals surface area contributed by atoms with Crippen molar-refractivity contribution in [1.29, 1.82) is 0 Å². The van der Waals surface area contributed by atoms with E-state index < -0.39 is 0 Å². The monoisotopic (exact) mass is 218 g/mol. The van der Waals surface area contributed by atoms with Crippen molar-refractivity contribution in [1.82, 2.24) is 5.32 Å². The summed E-state index contributed by atoms with van der Waals surface area (Å²) in [6, 6.07) is 9.54. The van der Waals surface area contributed by atoms with Gasteiger partial charge in [0.25, 0.3) is 0 Å². The van der Waals surface area contributed by atoms with E-state index in [1.54, 1.807) is 0 Å². The van der Waals surface area contributed by atoms with Gasteiger partial charge in [-0.1, -0.05) is 31.0 Å². The van der Waals surface area contributed by atoms with Gasteiger partial charge in [0.05, 0.1) is 6.54 Å². The largest absolute Gasteiger partial charge is 0.325 e. The second-order valence-electron chi connectivity index (χ2n) is 4.32. The molecule has 3 nitrogen and oxygen atoms in total. The maximum absolute atomic E-state index is 11.5. The van der Waals surface area contributed by atoms with Crippen LogP contribution >= 0.6 is 0 Å². The molecule has 1 aromatic carbocycles. The minimum atomic E-state index is 0.0296. The van der Waals surface area contributed by atoms with E-state index in [0.29, 0.717) is 6.54 Å². The Morgan fingerprint density at radius 1 is 1.25 bits per heavy atom. The quantitative estimate of drug-likeness (QED) is 0.717. The van der Waals surface area contributed by atoms with Crippen LogP contribution in [0.4, 0.5) is 5.69 Å². The van der Waals surface area contributed by atoms with E-state index in [2.05, 4.69) is 10.6 Å². The minimum absolute atomic E-state index is 0.0296. The van der Waals surface area contributed by atoms with Crippen molar-refractivity contribution >= 4 is 11.6 Å². The lowest BCUT2D eigenvalue weighted by molar-refractivity contribution is -0.115. The summed E-state index contributed by atoms with van der Waals surface area (Å²) >= 11 is 0. The van der Waals surface area contributed by atoms with Crippen LogP contribution < -0.4 is 10.6 Å². The Hall–Kier alpha value is -1.35. The van der Waals surface area contributed by atoms with Crippen LogP contribution in [0.3, 0.4) is 0 Å². The summed E-state index contributed by atoms with van der Waals surface area (Å²) < 4.78 is 0. The highest BCUT2D eigenvalue weighted by molar-refractivity contribution is 5.92. The summed E-state index contributed by atoms with van der Waals surface area (Å²) in [6.45, 7) is 1.36. The average molecular weight is 218 g/mol. The van der Waals surface area contributed by atoms with Gasteiger partial charge in [-0.15, -0.1) is 0 Å². The zero-order chi connectivity index (χ0) is 11.2. The fraction of sp³-hybridized carbons (Fsp3) is 0.462. The normalized spacial score (nSPS) is 14.8. The van der Waals surface area contributed by atoms with E-state index in [1.807, 2.05) is 30.3 Å². The number of carbonyl (C=O) groups is 1. The van der Waals surface area contributed by atoms with Gasteiger partial charge in [-0.3, -0.25) is 4.79 Å². The first-order valence-corrected chi connectivity index (χ1v) is 5.90. The van der Waals surface area contributed by atoms with E-state index in [0.717, 1.165) is 18.2 Å². The molecule has 0 unspecified atom stereocenters. The average Bonchev–Trinajstić information content (AvgIpc) is 3.10. The molecule has 86 valence electrons. The summed E-state index contributed by atoms with van der Waals surface area (Å²) in [4.78, 5) is 11.5. The smallest absolute Gasteiger partial charge is 0.238 e. The van der Waals surface area contributed by atoms with E-state index in [-0.39, 0.29) is 5.91 Å². The Morgan fingerprint density at radius 2 is 2.00 bits per heavy atom. The summed E-state index contributed by atoms with van der Waals surface area (Å²) in [6.07, 6.45) is 3.95. The molecule has 0 radical (unpaired) electrons. The number of hydrogen-bond donors (Lipinski definition) is 2. The second-order valence-corrected chi connectivity index (χ2v) is 4.32. The first-order chi connectivity index (χ1) is 7.84. The van der Waals surface area contributed by atoms with Gasteiger partial charge in [-0.25, -0.2) is 0 Å². The summed E-state index contributed by atoms with van der Waals surface area (Å²) in [5.74, 6) is 0.951. The number of anilines is 1. The highest BCUT2D eigenvalue weighted by Crippen LogP contribution is 2.31. The topological polar surface area (TPSA) is 41.1 Å². The van der Waals surface area contributed by atoms with Gasteiger partial charge in [0, 0.05) is 5.69 Å². The predicted molar refractivity (Wildman–Crippen MR) is 65.3 cm³/mol. The molecule has 1 aliphatic carbocycles. The third-order valence-corrected chi connectivity index (χ3v) is 2.77. The van der Waals surface area contributed by atoms with Gasteiger partial charge in [-0.05, 0) is 31.0 Å². The summed E-state index contributed by atoms with van der Waals surface area (Å²) in [5, 5.41) is 6.01. The van der Waals surface area contributed by atoms with Crippen molar-refractivity contribution in [3.63, 3.8) is 0 Å². The van der Waals surface area contributed by atoms with Crippen LogP contribution in [-0.4, -0.2) is 19.0 Å². The molecule has 0 saturated heterocycles. The Labute approximate surface area is 96.2 Å². The van der Waals surface area contributed by atoms with Crippen molar-refractivity contribution in [2.24, 2.45) is 5.92 Å². The molecule has 0 aromatic heterocycles. The SMILES string of the molecule is O=C(CNCCC1CC1)Nc1ccccc1. The first-order valence-electron chi connectivity index (χ1n) is 5.90. The number of benzene rings is 1. The van der Waals surface area contributed by atoms with E-state index in [1.165, 1.54) is 19.3 Å². The number of hydrogen-bond acceptors (Lipinski definition) is 2. The summed E-state index contributed by atoms with van der Waals surface area (Å²) in [7, 11) is 0. The van der Waals surface area contributed by atoms with Crippen LogP contribution in [0.2, 0.25) is 0 Å². The molecule has 1 aromatic rings. The zero-order valence-corrected chi connectivity index (χ0v) is 9.41. The van der Waals surface area contributed by atoms with Crippen LogP contribution in [0.25, 0.3) is 0 Å². The Morgan fingerprint density at radius 3 is 2.69 bits per heavy atom. The fourth-order valence-corrected chi connectivity index (χ4v) is 1.64. The standard InChI is InChI=1S/C13H18N2O/c16-13(10-14-9-8-11-6-7-11)15-12-4-2-1-3-5-12/h1-5,11,14H,6-10H2,(H,15,16). The Kier molecular flexibility index (Phi) is 3.94. The predicted octanol–water partition coefficient (Wildman–Crippen LogP) is 2.01. The van der Waals surface area contributed by atoms with Gasteiger partial charge in [0.15, 0.2) is 0 Å². The second kappa shape index (κ2) is 5.66. The fourth-order valence-electron chi connectivity index (χ4n) is 1.64. The molecule has 0 aliphatic heterocycles. The molecule has 16 heavy (non-hydrogen) atoms. The number of para-hydroxylation sites is 1. The maximum atomic E-state index is 11.5. The van der Waals surface area contributed by atoms with E-state index >= 15 is 0 Å². The molecular formula is C13H18N2O. The highest BCUT2D eigenvalue weighted by atomic mass is 16.1. The van der Waals surface area contributed by atoms with Crippen LogP contribution in [0.5, 0.6) is 0 Å². The van der Waals surface area contributed by atoms with E-state index in [4.69, 9.17) is 0 Å². The Bertz CT molecular complexity index is 333. The Balaban J connectivity index is 1.60. The molecule has 1 saturated carbocycles. The third-order valence-electron chi connectivity index (χ3n) is 2.77. The maximum Gasteiger partial charge on any atom is 0.238 e. The molecule has 0 spiro atoms. The molecule has 2 N–H and O–H groups in total. The summed E-state index contributed by atoms with van der Waals surface area (Å²) in [5.41, 5.74) is 0.858. The van der Waals surface area contributed by atoms with Crippen LogP contribution in [0, 0.1) is 5.92 Å². The van der Waals surface area contributed by atoms with Gasteiger partial charge < -0.3 is 10.6 Å². The van der Waals surface area contributed by atoms with E-state index in [9.17, 15) is 4.79 Å². The highest BCUT2D eigenvalue weighted by Gasteiger charge is 2.20. The van der Waals surface area contributed by atoms with Gasteiger partial charge >= 0.3 is 0 Å². The molecule has 1 fully saturated rings. The molecule has 2 rings (SSSR count). The molecule has 1 amide bonds. The van der Waals surface area contributed by atoms with Crippen LogP contribution in [0.1, 0.15) is 19.3 Å². The zero-order valence-electron chi connectivity index (χ0n) is 9.41. The third kappa shape index (κ3) is 4.03. The van der Waals surface area contributed by atoms with Crippen molar-refractivity contribution < 1.29 is 4.79 Å². The molecule has 1 aliphatic rings. The van der Waals surface area contributed by atoms with Crippen LogP contribution in [0.15, 0.2) is 30.3 Å². The van der Waals surface area contributed by atoms with Crippen molar-refractivity contribution in [3.8, 4) is 0 Å². The lowest BCUT2D eigenvalue weighted by Gasteiger charge is -2.06.